The van der Waals surface area contributed by atoms with Gasteiger partial charge in [0.05, 0.1) is 33.2 Å². The molecule has 16 heavy (non-hydrogen) atoms. The molecule has 0 aliphatic carbocycles. The molecule has 0 saturated carbocycles. The highest BCUT2D eigenvalue weighted by atomic mass is 16.5. The summed E-state index contributed by atoms with van der Waals surface area (Å²) < 4.78 is 10.2. The number of hydrogen-bond donors (Lipinski definition) is 0. The Morgan fingerprint density at radius 2 is 1.81 bits per heavy atom. The number of hydrogen-bond acceptors (Lipinski definition) is 4. The first-order valence-electron chi connectivity index (χ1n) is 5.39. The van der Waals surface area contributed by atoms with E-state index in [1.165, 1.54) is 26.5 Å². The Balaban J connectivity index is 0. The summed E-state index contributed by atoms with van der Waals surface area (Å²) in [5.41, 5.74) is 0. The Morgan fingerprint density at radius 3 is 2.06 bits per heavy atom. The van der Waals surface area contributed by atoms with Gasteiger partial charge in [0.25, 0.3) is 0 Å². The first-order chi connectivity index (χ1) is 7.39. The van der Waals surface area contributed by atoms with Gasteiger partial charge in [-0.1, -0.05) is 13.3 Å². The van der Waals surface area contributed by atoms with Gasteiger partial charge in [0.2, 0.25) is 0 Å². The van der Waals surface area contributed by atoms with Gasteiger partial charge in [0, 0.05) is 14.2 Å². The van der Waals surface area contributed by atoms with E-state index in [1.807, 2.05) is 0 Å². The maximum atomic E-state index is 9.36. The first kappa shape index (κ1) is 17.7. The van der Waals surface area contributed by atoms with Crippen molar-refractivity contribution in [3.05, 3.63) is 0 Å². The van der Waals surface area contributed by atoms with Crippen LogP contribution in [0.4, 0.5) is 0 Å². The molecule has 0 spiro atoms. The Labute approximate surface area is 98.5 Å². The standard InChI is InChI=1S/C8H20NO.C3H6O3/c1-5-6-7-9(2,3)8-10-4;1-6-2-3(4)5/h5-8H2,1-4H3;2H2,1H3,(H,4,5)/q+1;/p-1. The summed E-state index contributed by atoms with van der Waals surface area (Å²) in [5.74, 6) is -1.18. The topological polar surface area (TPSA) is 58.6 Å². The highest BCUT2D eigenvalue weighted by molar-refractivity contribution is 5.65. The van der Waals surface area contributed by atoms with E-state index in [4.69, 9.17) is 4.74 Å². The molecule has 98 valence electrons. The summed E-state index contributed by atoms with van der Waals surface area (Å²) in [6, 6.07) is 0. The lowest BCUT2D eigenvalue weighted by atomic mass is 10.3. The van der Waals surface area contributed by atoms with Gasteiger partial charge in [-0.2, -0.15) is 0 Å². The van der Waals surface area contributed by atoms with Gasteiger partial charge >= 0.3 is 0 Å². The van der Waals surface area contributed by atoms with E-state index in [2.05, 4.69) is 25.8 Å². The predicted molar refractivity (Wildman–Crippen MR) is 60.6 cm³/mol. The fraction of sp³-hybridized carbons (Fsp3) is 0.909. The second-order valence-corrected chi connectivity index (χ2v) is 4.24. The van der Waals surface area contributed by atoms with Crippen molar-refractivity contribution in [1.82, 2.24) is 0 Å². The highest BCUT2D eigenvalue weighted by Gasteiger charge is 2.11. The number of methoxy groups -OCH3 is 2. The van der Waals surface area contributed by atoms with Crippen LogP contribution in [0.15, 0.2) is 0 Å². The molecule has 5 heteroatoms. The van der Waals surface area contributed by atoms with E-state index >= 15 is 0 Å². The summed E-state index contributed by atoms with van der Waals surface area (Å²) >= 11 is 0. The lowest BCUT2D eigenvalue weighted by molar-refractivity contribution is -0.909. The molecule has 5 nitrogen and oxygen atoms in total. The molecular weight excluding hydrogens is 210 g/mol. The van der Waals surface area contributed by atoms with Crippen molar-refractivity contribution in [1.29, 1.82) is 0 Å². The Bertz CT molecular complexity index is 171. The molecule has 0 radical (unpaired) electrons. The lowest BCUT2D eigenvalue weighted by Crippen LogP contribution is -2.41. The molecule has 0 N–H and O–H groups in total. The van der Waals surface area contributed by atoms with Gasteiger partial charge in [0.15, 0.2) is 6.73 Å². The number of carboxylic acid groups (broad SMARTS) is 1. The van der Waals surface area contributed by atoms with Crippen LogP contribution in [0.2, 0.25) is 0 Å². The quantitative estimate of drug-likeness (QED) is 0.455. The molecule has 0 aromatic heterocycles. The van der Waals surface area contributed by atoms with Crippen LogP contribution in [0.1, 0.15) is 19.8 Å². The van der Waals surface area contributed by atoms with Crippen molar-refractivity contribution in [2.24, 2.45) is 0 Å². The summed E-state index contributed by atoms with van der Waals surface area (Å²) in [7, 11) is 7.44. The molecule has 0 heterocycles. The van der Waals surface area contributed by atoms with Crippen LogP contribution in [0.3, 0.4) is 0 Å². The molecule has 0 fully saturated rings. The Morgan fingerprint density at radius 1 is 1.25 bits per heavy atom. The number of aliphatic carboxylic acids is 1. The van der Waals surface area contributed by atoms with Crippen LogP contribution in [-0.2, 0) is 14.3 Å². The van der Waals surface area contributed by atoms with E-state index in [1.54, 1.807) is 7.11 Å². The minimum atomic E-state index is -1.18. The fourth-order valence-electron chi connectivity index (χ4n) is 1.12. The zero-order valence-corrected chi connectivity index (χ0v) is 11.1. The normalized spacial score (nSPS) is 10.6. The summed E-state index contributed by atoms with van der Waals surface area (Å²) in [6.07, 6.45) is 2.56. The summed E-state index contributed by atoms with van der Waals surface area (Å²) in [6.45, 7) is 3.93. The maximum Gasteiger partial charge on any atom is 0.182 e. The second-order valence-electron chi connectivity index (χ2n) is 4.24. The number of rotatable bonds is 7. The number of quaternary nitrogens is 1. The average molecular weight is 235 g/mol. The SMILES string of the molecule is CCCC[N+](C)(C)COC.COCC(=O)[O-]. The molecule has 0 aromatic carbocycles. The van der Waals surface area contributed by atoms with Gasteiger partial charge in [-0.05, 0) is 6.42 Å². The fourth-order valence-corrected chi connectivity index (χ4v) is 1.12. The molecule has 0 aliphatic rings. The molecule has 0 bridgehead atoms. The molecule has 0 rings (SSSR count). The van der Waals surface area contributed by atoms with Crippen molar-refractivity contribution in [2.45, 2.75) is 19.8 Å². The number of carboxylic acids is 1. The van der Waals surface area contributed by atoms with Crippen molar-refractivity contribution in [2.75, 3.05) is 48.2 Å². The largest absolute Gasteiger partial charge is 0.548 e. The summed E-state index contributed by atoms with van der Waals surface area (Å²) in [4.78, 5) is 9.36. The van der Waals surface area contributed by atoms with E-state index in [0.29, 0.717) is 0 Å². The van der Waals surface area contributed by atoms with Crippen molar-refractivity contribution < 1.29 is 23.9 Å². The van der Waals surface area contributed by atoms with Crippen molar-refractivity contribution >= 4 is 5.97 Å². The van der Waals surface area contributed by atoms with Gasteiger partial charge in [0.1, 0.15) is 0 Å². The molecule has 0 aromatic rings. The maximum absolute atomic E-state index is 9.36. The van der Waals surface area contributed by atoms with Crippen LogP contribution in [-0.4, -0.2) is 58.6 Å². The van der Waals surface area contributed by atoms with E-state index in [-0.39, 0.29) is 6.61 Å². The number of carbonyl (C=O) groups is 1. The number of unbranched alkanes of at least 4 members (excludes halogenated alkanes) is 1. The van der Waals surface area contributed by atoms with Crippen LogP contribution < -0.4 is 5.11 Å². The van der Waals surface area contributed by atoms with Crippen molar-refractivity contribution in [3.8, 4) is 0 Å². The predicted octanol–water partition coefficient (Wildman–Crippen LogP) is -0.150. The van der Waals surface area contributed by atoms with E-state index in [0.717, 1.165) is 11.2 Å². The number of ether oxygens (including phenoxy) is 2. The third-order valence-corrected chi connectivity index (χ3v) is 1.86. The molecule has 0 amide bonds. The zero-order valence-electron chi connectivity index (χ0n) is 11.1. The van der Waals surface area contributed by atoms with Gasteiger partial charge in [-0.25, -0.2) is 0 Å². The van der Waals surface area contributed by atoms with Gasteiger partial charge < -0.3 is 23.9 Å². The molecule has 0 atom stereocenters. The Hall–Kier alpha value is -0.650. The second kappa shape index (κ2) is 10.9. The summed E-state index contributed by atoms with van der Waals surface area (Å²) in [5, 5.41) is 9.36. The van der Waals surface area contributed by atoms with Crippen molar-refractivity contribution in [3.63, 3.8) is 0 Å². The molecular formula is C11H25NO4. The van der Waals surface area contributed by atoms with Crippen LogP contribution in [0, 0.1) is 0 Å². The third-order valence-electron chi connectivity index (χ3n) is 1.86. The monoisotopic (exact) mass is 235 g/mol. The Kier molecular flexibility index (Phi) is 12.0. The molecule has 0 saturated heterocycles. The van der Waals surface area contributed by atoms with Crippen LogP contribution >= 0.6 is 0 Å². The molecule has 0 unspecified atom stereocenters. The lowest BCUT2D eigenvalue weighted by Gasteiger charge is -2.28. The third kappa shape index (κ3) is 15.8. The average Bonchev–Trinajstić information content (AvgIpc) is 2.15. The van der Waals surface area contributed by atoms with E-state index in [9.17, 15) is 9.90 Å². The van der Waals surface area contributed by atoms with Crippen LogP contribution in [0.25, 0.3) is 0 Å². The number of carbonyl (C=O) groups excluding carboxylic acids is 1. The highest BCUT2D eigenvalue weighted by Crippen LogP contribution is 2.00. The number of nitrogens with zero attached hydrogens (tertiary/aromatic N) is 1. The minimum absolute atomic E-state index is 0.319. The minimum Gasteiger partial charge on any atom is -0.548 e. The smallest absolute Gasteiger partial charge is 0.182 e. The zero-order chi connectivity index (χ0) is 13.0. The van der Waals surface area contributed by atoms with Gasteiger partial charge in [-0.3, -0.25) is 0 Å². The van der Waals surface area contributed by atoms with Crippen LogP contribution in [0.5, 0.6) is 0 Å². The van der Waals surface area contributed by atoms with E-state index < -0.39 is 5.97 Å². The molecule has 0 aliphatic heterocycles. The van der Waals surface area contributed by atoms with Gasteiger partial charge in [-0.15, -0.1) is 0 Å². The first-order valence-corrected chi connectivity index (χ1v) is 5.39.